The van der Waals surface area contributed by atoms with E-state index in [2.05, 4.69) is 5.32 Å². The molecule has 0 saturated heterocycles. The minimum Gasteiger partial charge on any atom is -0.493 e. The minimum atomic E-state index is -0.323. The van der Waals surface area contributed by atoms with Crippen LogP contribution in [0.15, 0.2) is 48.5 Å². The Bertz CT molecular complexity index is 670. The molecule has 0 fully saturated rings. The van der Waals surface area contributed by atoms with Crippen molar-refractivity contribution in [1.29, 1.82) is 0 Å². The van der Waals surface area contributed by atoms with Gasteiger partial charge in [0.15, 0.2) is 0 Å². The third-order valence-electron chi connectivity index (χ3n) is 3.74. The molecular formula is C20H25NO4. The lowest BCUT2D eigenvalue weighted by Crippen LogP contribution is -2.30. The fourth-order valence-corrected chi connectivity index (χ4v) is 2.47. The topological polar surface area (TPSA) is 67.8 Å². The summed E-state index contributed by atoms with van der Waals surface area (Å²) in [5.74, 6) is 0.347. The highest BCUT2D eigenvalue weighted by molar-refractivity contribution is 5.96. The van der Waals surface area contributed by atoms with Gasteiger partial charge in [-0.1, -0.05) is 42.0 Å². The highest BCUT2D eigenvalue weighted by Gasteiger charge is 2.16. The maximum atomic E-state index is 12.5. The Morgan fingerprint density at radius 3 is 2.56 bits per heavy atom. The monoisotopic (exact) mass is 343 g/mol. The summed E-state index contributed by atoms with van der Waals surface area (Å²) in [5, 5.41) is 11.9. The highest BCUT2D eigenvalue weighted by Crippen LogP contribution is 2.20. The Morgan fingerprint density at radius 2 is 1.88 bits per heavy atom. The number of benzene rings is 2. The second-order valence-corrected chi connectivity index (χ2v) is 5.63. The van der Waals surface area contributed by atoms with E-state index in [0.717, 1.165) is 11.1 Å². The molecule has 0 spiro atoms. The zero-order valence-corrected chi connectivity index (χ0v) is 14.7. The van der Waals surface area contributed by atoms with Crippen LogP contribution in [0.2, 0.25) is 0 Å². The van der Waals surface area contributed by atoms with Gasteiger partial charge in [-0.05, 0) is 31.5 Å². The largest absolute Gasteiger partial charge is 0.493 e. The van der Waals surface area contributed by atoms with Crippen LogP contribution in [-0.4, -0.2) is 37.4 Å². The van der Waals surface area contributed by atoms with Crippen LogP contribution >= 0.6 is 0 Å². The van der Waals surface area contributed by atoms with Crippen LogP contribution in [0.25, 0.3) is 0 Å². The SMILES string of the molecule is CCOc1ccccc1C(=O)NCC(OCCO)c1ccc(C)cc1. The Labute approximate surface area is 148 Å². The number of nitrogens with one attached hydrogen (secondary N) is 1. The summed E-state index contributed by atoms with van der Waals surface area (Å²) in [6.07, 6.45) is -0.323. The van der Waals surface area contributed by atoms with Crippen LogP contribution in [0.5, 0.6) is 5.75 Å². The predicted molar refractivity (Wildman–Crippen MR) is 96.9 cm³/mol. The smallest absolute Gasteiger partial charge is 0.255 e. The average molecular weight is 343 g/mol. The number of aliphatic hydroxyl groups excluding tert-OH is 1. The Balaban J connectivity index is 2.06. The molecule has 2 aromatic carbocycles. The second-order valence-electron chi connectivity index (χ2n) is 5.63. The molecule has 1 atom stereocenters. The van der Waals surface area contributed by atoms with Crippen molar-refractivity contribution in [2.75, 3.05) is 26.4 Å². The van der Waals surface area contributed by atoms with Crippen molar-refractivity contribution < 1.29 is 19.4 Å². The predicted octanol–water partition coefficient (Wildman–Crippen LogP) is 2.87. The van der Waals surface area contributed by atoms with E-state index < -0.39 is 0 Å². The summed E-state index contributed by atoms with van der Waals surface area (Å²) in [5.41, 5.74) is 2.60. The van der Waals surface area contributed by atoms with Crippen LogP contribution in [0.3, 0.4) is 0 Å². The highest BCUT2D eigenvalue weighted by atomic mass is 16.5. The molecule has 1 unspecified atom stereocenters. The van der Waals surface area contributed by atoms with Gasteiger partial charge >= 0.3 is 0 Å². The Morgan fingerprint density at radius 1 is 1.16 bits per heavy atom. The number of carbonyl (C=O) groups is 1. The van der Waals surface area contributed by atoms with Gasteiger partial charge in [0.2, 0.25) is 0 Å². The molecule has 5 nitrogen and oxygen atoms in total. The normalized spacial score (nSPS) is 11.8. The first-order chi connectivity index (χ1) is 12.2. The molecule has 2 N–H and O–H groups in total. The molecule has 134 valence electrons. The summed E-state index contributed by atoms with van der Waals surface area (Å²) >= 11 is 0. The van der Waals surface area contributed by atoms with Gasteiger partial charge in [-0.3, -0.25) is 4.79 Å². The number of carbonyl (C=O) groups excluding carboxylic acids is 1. The maximum absolute atomic E-state index is 12.5. The standard InChI is InChI=1S/C20H25NO4/c1-3-24-18-7-5-4-6-17(18)20(23)21-14-19(25-13-12-22)16-10-8-15(2)9-11-16/h4-11,19,22H,3,12-14H2,1-2H3,(H,21,23). The zero-order chi connectivity index (χ0) is 18.1. The fourth-order valence-electron chi connectivity index (χ4n) is 2.47. The van der Waals surface area contributed by atoms with Crippen molar-refractivity contribution in [2.24, 2.45) is 0 Å². The van der Waals surface area contributed by atoms with Crippen LogP contribution in [0, 0.1) is 6.92 Å². The molecule has 0 heterocycles. The molecule has 0 aromatic heterocycles. The molecule has 1 amide bonds. The molecule has 2 rings (SSSR count). The molecule has 0 radical (unpaired) electrons. The van der Waals surface area contributed by atoms with Gasteiger partial charge in [-0.15, -0.1) is 0 Å². The molecule has 0 saturated carbocycles. The summed E-state index contributed by atoms with van der Waals surface area (Å²) in [6.45, 7) is 4.84. The summed E-state index contributed by atoms with van der Waals surface area (Å²) in [6, 6.07) is 15.1. The number of para-hydroxylation sites is 1. The number of hydrogen-bond acceptors (Lipinski definition) is 4. The average Bonchev–Trinajstić information content (AvgIpc) is 2.63. The third-order valence-corrected chi connectivity index (χ3v) is 3.74. The molecule has 0 bridgehead atoms. The van der Waals surface area contributed by atoms with Gasteiger partial charge in [-0.25, -0.2) is 0 Å². The van der Waals surface area contributed by atoms with Gasteiger partial charge in [-0.2, -0.15) is 0 Å². The van der Waals surface area contributed by atoms with E-state index in [1.54, 1.807) is 18.2 Å². The molecular weight excluding hydrogens is 318 g/mol. The molecule has 0 aliphatic heterocycles. The van der Waals surface area contributed by atoms with Crippen LogP contribution < -0.4 is 10.1 Å². The number of rotatable bonds is 9. The lowest BCUT2D eigenvalue weighted by molar-refractivity contribution is 0.0277. The zero-order valence-electron chi connectivity index (χ0n) is 14.7. The van der Waals surface area contributed by atoms with Gasteiger partial charge < -0.3 is 19.9 Å². The van der Waals surface area contributed by atoms with Crippen LogP contribution in [0.1, 0.15) is 34.5 Å². The Kier molecular flexibility index (Phi) is 7.44. The van der Waals surface area contributed by atoms with E-state index in [9.17, 15) is 4.79 Å². The van der Waals surface area contributed by atoms with Crippen molar-refractivity contribution >= 4 is 5.91 Å². The number of amides is 1. The van der Waals surface area contributed by atoms with E-state index in [1.807, 2.05) is 44.2 Å². The van der Waals surface area contributed by atoms with Crippen molar-refractivity contribution in [3.05, 3.63) is 65.2 Å². The first kappa shape index (κ1) is 19.0. The third kappa shape index (κ3) is 5.59. The van der Waals surface area contributed by atoms with E-state index in [4.69, 9.17) is 14.6 Å². The quantitative estimate of drug-likeness (QED) is 0.735. The molecule has 25 heavy (non-hydrogen) atoms. The molecule has 5 heteroatoms. The van der Waals surface area contributed by atoms with Gasteiger partial charge in [0, 0.05) is 6.54 Å². The van der Waals surface area contributed by atoms with E-state index in [0.29, 0.717) is 24.5 Å². The second kappa shape index (κ2) is 9.81. The van der Waals surface area contributed by atoms with E-state index in [1.165, 1.54) is 0 Å². The van der Waals surface area contributed by atoms with Crippen LogP contribution in [0.4, 0.5) is 0 Å². The summed E-state index contributed by atoms with van der Waals surface area (Å²) < 4.78 is 11.2. The molecule has 2 aromatic rings. The molecule has 0 aliphatic rings. The van der Waals surface area contributed by atoms with Crippen molar-refractivity contribution in [1.82, 2.24) is 5.32 Å². The van der Waals surface area contributed by atoms with E-state index >= 15 is 0 Å². The first-order valence-electron chi connectivity index (χ1n) is 8.44. The number of aliphatic hydroxyl groups is 1. The number of aryl methyl sites for hydroxylation is 1. The summed E-state index contributed by atoms with van der Waals surface area (Å²) in [7, 11) is 0. The van der Waals surface area contributed by atoms with Gasteiger partial charge in [0.25, 0.3) is 5.91 Å². The minimum absolute atomic E-state index is 0.0660. The van der Waals surface area contributed by atoms with Crippen molar-refractivity contribution in [3.63, 3.8) is 0 Å². The first-order valence-corrected chi connectivity index (χ1v) is 8.44. The van der Waals surface area contributed by atoms with Crippen molar-refractivity contribution in [2.45, 2.75) is 20.0 Å². The van der Waals surface area contributed by atoms with Gasteiger partial charge in [0.05, 0.1) is 31.5 Å². The lowest BCUT2D eigenvalue weighted by atomic mass is 10.1. The lowest BCUT2D eigenvalue weighted by Gasteiger charge is -2.19. The summed E-state index contributed by atoms with van der Waals surface area (Å²) in [4.78, 5) is 12.5. The van der Waals surface area contributed by atoms with Crippen molar-refractivity contribution in [3.8, 4) is 5.75 Å². The molecule has 0 aliphatic carbocycles. The fraction of sp³-hybridized carbons (Fsp3) is 0.350. The number of hydrogen-bond donors (Lipinski definition) is 2. The number of ether oxygens (including phenoxy) is 2. The Hall–Kier alpha value is -2.37. The van der Waals surface area contributed by atoms with E-state index in [-0.39, 0.29) is 25.2 Å². The van der Waals surface area contributed by atoms with Gasteiger partial charge in [0.1, 0.15) is 5.75 Å². The maximum Gasteiger partial charge on any atom is 0.255 e. The van der Waals surface area contributed by atoms with Crippen LogP contribution in [-0.2, 0) is 4.74 Å².